The molecule has 0 unspecified atom stereocenters. The number of rotatable bonds is 4. The molecule has 154 valence electrons. The van der Waals surface area contributed by atoms with Crippen LogP contribution in [0.1, 0.15) is 11.3 Å². The van der Waals surface area contributed by atoms with Crippen molar-refractivity contribution in [2.24, 2.45) is 0 Å². The number of ether oxygens (including phenoxy) is 1. The van der Waals surface area contributed by atoms with E-state index in [1.165, 1.54) is 23.9 Å². The Morgan fingerprint density at radius 2 is 1.70 bits per heavy atom. The maximum Gasteiger partial charge on any atom is 0.434 e. The quantitative estimate of drug-likeness (QED) is 0.473. The van der Waals surface area contributed by atoms with Crippen LogP contribution < -0.4 is 4.74 Å². The smallest absolute Gasteiger partial charge is 0.434 e. The molecule has 4 aromatic rings. The highest BCUT2D eigenvalue weighted by Gasteiger charge is 2.40. The van der Waals surface area contributed by atoms with E-state index in [1.54, 1.807) is 37.3 Å². The summed E-state index contributed by atoms with van der Waals surface area (Å²) < 4.78 is 49.2. The predicted molar refractivity (Wildman–Crippen MR) is 103 cm³/mol. The lowest BCUT2D eigenvalue weighted by molar-refractivity contribution is -0.142. The summed E-state index contributed by atoms with van der Waals surface area (Å²) in [6.45, 7) is 1.76. The standard InChI is InChI=1S/C19H14ClF3N6O/c1-11-3-4-13(9-16(11)20)28-17(19(21,22)23)15(10-24-28)18-25-26-27-29(18)12-5-7-14(30-2)8-6-12/h3-10H,1-2H3. The van der Waals surface area contributed by atoms with Gasteiger partial charge in [0.25, 0.3) is 0 Å². The van der Waals surface area contributed by atoms with Gasteiger partial charge >= 0.3 is 6.18 Å². The minimum Gasteiger partial charge on any atom is -0.497 e. The maximum absolute atomic E-state index is 14.0. The second-order valence-corrected chi connectivity index (χ2v) is 6.77. The molecule has 0 bridgehead atoms. The third-order valence-electron chi connectivity index (χ3n) is 4.47. The number of aryl methyl sites for hydroxylation is 1. The van der Waals surface area contributed by atoms with E-state index in [1.807, 2.05) is 0 Å². The number of methoxy groups -OCH3 is 1. The molecule has 0 saturated carbocycles. The van der Waals surface area contributed by atoms with Gasteiger partial charge in [0.1, 0.15) is 5.75 Å². The van der Waals surface area contributed by atoms with Crippen LogP contribution in [0.25, 0.3) is 22.8 Å². The minimum absolute atomic E-state index is 0.100. The van der Waals surface area contributed by atoms with Crippen molar-refractivity contribution in [3.63, 3.8) is 0 Å². The van der Waals surface area contributed by atoms with Gasteiger partial charge in [0.2, 0.25) is 0 Å². The van der Waals surface area contributed by atoms with E-state index in [0.29, 0.717) is 16.5 Å². The van der Waals surface area contributed by atoms with Gasteiger partial charge in [0.05, 0.1) is 30.2 Å². The zero-order valence-corrected chi connectivity index (χ0v) is 16.5. The fourth-order valence-electron chi connectivity index (χ4n) is 2.95. The van der Waals surface area contributed by atoms with Crippen LogP contribution in [-0.4, -0.2) is 37.1 Å². The Balaban J connectivity index is 1.88. The van der Waals surface area contributed by atoms with Crippen LogP contribution in [0.2, 0.25) is 5.02 Å². The van der Waals surface area contributed by atoms with Crippen molar-refractivity contribution in [2.75, 3.05) is 7.11 Å². The van der Waals surface area contributed by atoms with E-state index in [4.69, 9.17) is 16.3 Å². The van der Waals surface area contributed by atoms with Gasteiger partial charge in [-0.25, -0.2) is 4.68 Å². The van der Waals surface area contributed by atoms with Gasteiger partial charge in [-0.1, -0.05) is 17.7 Å². The van der Waals surface area contributed by atoms with Crippen LogP contribution in [0, 0.1) is 6.92 Å². The second kappa shape index (κ2) is 7.45. The number of benzene rings is 2. The molecule has 2 aromatic carbocycles. The highest BCUT2D eigenvalue weighted by atomic mass is 35.5. The monoisotopic (exact) mass is 434 g/mol. The van der Waals surface area contributed by atoms with Crippen molar-refractivity contribution in [1.29, 1.82) is 0 Å². The number of alkyl halides is 3. The topological polar surface area (TPSA) is 70.7 Å². The molecule has 2 heterocycles. The average molecular weight is 435 g/mol. The van der Waals surface area contributed by atoms with Crippen LogP contribution in [0.15, 0.2) is 48.7 Å². The predicted octanol–water partition coefficient (Wildman–Crippen LogP) is 4.50. The first-order valence-corrected chi connectivity index (χ1v) is 9.02. The van der Waals surface area contributed by atoms with E-state index in [2.05, 4.69) is 20.6 Å². The lowest BCUT2D eigenvalue weighted by atomic mass is 10.2. The zero-order valence-electron chi connectivity index (χ0n) is 15.7. The first-order valence-electron chi connectivity index (χ1n) is 8.64. The molecule has 0 saturated heterocycles. The summed E-state index contributed by atoms with van der Waals surface area (Å²) in [6, 6.07) is 11.1. The summed E-state index contributed by atoms with van der Waals surface area (Å²) in [5.74, 6) is 0.491. The minimum atomic E-state index is -4.72. The van der Waals surface area contributed by atoms with E-state index in [9.17, 15) is 13.2 Å². The third-order valence-corrected chi connectivity index (χ3v) is 4.87. The Morgan fingerprint density at radius 1 is 1.00 bits per heavy atom. The zero-order chi connectivity index (χ0) is 21.5. The van der Waals surface area contributed by atoms with Crippen molar-refractivity contribution in [3.05, 3.63) is 64.9 Å². The summed E-state index contributed by atoms with van der Waals surface area (Å²) in [5, 5.41) is 15.5. The van der Waals surface area contributed by atoms with Crippen LogP contribution in [0.3, 0.4) is 0 Å². The van der Waals surface area contributed by atoms with E-state index < -0.39 is 11.9 Å². The first-order chi connectivity index (χ1) is 14.3. The van der Waals surface area contributed by atoms with Crippen molar-refractivity contribution < 1.29 is 17.9 Å². The molecule has 11 heteroatoms. The summed E-state index contributed by atoms with van der Waals surface area (Å²) in [4.78, 5) is 0. The first kappa shape index (κ1) is 19.9. The van der Waals surface area contributed by atoms with Crippen molar-refractivity contribution in [3.8, 4) is 28.5 Å². The molecule has 30 heavy (non-hydrogen) atoms. The Morgan fingerprint density at radius 3 is 2.33 bits per heavy atom. The third kappa shape index (κ3) is 3.50. The summed E-state index contributed by atoms with van der Waals surface area (Å²) in [7, 11) is 1.51. The van der Waals surface area contributed by atoms with Crippen LogP contribution >= 0.6 is 11.6 Å². The SMILES string of the molecule is COc1ccc(-n2nnnc2-c2cnn(-c3ccc(C)c(Cl)c3)c2C(F)(F)F)cc1. The van der Waals surface area contributed by atoms with Gasteiger partial charge in [0, 0.05) is 5.02 Å². The average Bonchev–Trinajstić information content (AvgIpc) is 3.36. The lowest BCUT2D eigenvalue weighted by Gasteiger charge is -2.13. The molecular weight excluding hydrogens is 421 g/mol. The number of hydrogen-bond donors (Lipinski definition) is 0. The van der Waals surface area contributed by atoms with Gasteiger partial charge in [-0.3, -0.25) is 0 Å². The Hall–Kier alpha value is -3.40. The molecule has 2 aromatic heterocycles. The molecule has 0 fully saturated rings. The summed E-state index contributed by atoms with van der Waals surface area (Å²) >= 11 is 6.10. The Kier molecular flexibility index (Phi) is 4.94. The number of nitrogens with zero attached hydrogens (tertiary/aromatic N) is 6. The van der Waals surface area contributed by atoms with Crippen LogP contribution in [-0.2, 0) is 6.18 Å². The number of aromatic nitrogens is 6. The van der Waals surface area contributed by atoms with Crippen molar-refractivity contribution in [1.82, 2.24) is 30.0 Å². The molecule has 0 aliphatic rings. The van der Waals surface area contributed by atoms with E-state index in [-0.39, 0.29) is 17.1 Å². The largest absolute Gasteiger partial charge is 0.497 e. The second-order valence-electron chi connectivity index (χ2n) is 6.36. The molecular formula is C19H14ClF3N6O. The summed E-state index contributed by atoms with van der Waals surface area (Å²) in [6.07, 6.45) is -3.64. The van der Waals surface area contributed by atoms with E-state index in [0.717, 1.165) is 16.4 Å². The fraction of sp³-hybridized carbons (Fsp3) is 0.158. The maximum atomic E-state index is 14.0. The van der Waals surface area contributed by atoms with Gasteiger partial charge in [-0.05, 0) is 59.3 Å². The molecule has 0 spiro atoms. The molecule has 0 radical (unpaired) electrons. The molecule has 7 nitrogen and oxygen atoms in total. The highest BCUT2D eigenvalue weighted by Crippen LogP contribution is 2.38. The molecule has 0 atom stereocenters. The van der Waals surface area contributed by atoms with E-state index >= 15 is 0 Å². The number of hydrogen-bond acceptors (Lipinski definition) is 5. The normalized spacial score (nSPS) is 11.7. The molecule has 0 amide bonds. The Labute approximate surface area is 173 Å². The van der Waals surface area contributed by atoms with Crippen LogP contribution in [0.4, 0.5) is 13.2 Å². The molecule has 0 aliphatic heterocycles. The van der Waals surface area contributed by atoms with Gasteiger partial charge in [0.15, 0.2) is 11.5 Å². The number of tetrazole rings is 1. The van der Waals surface area contributed by atoms with Gasteiger partial charge in [-0.15, -0.1) is 5.10 Å². The van der Waals surface area contributed by atoms with Crippen LogP contribution in [0.5, 0.6) is 5.75 Å². The highest BCUT2D eigenvalue weighted by molar-refractivity contribution is 6.31. The number of halogens is 4. The van der Waals surface area contributed by atoms with Gasteiger partial charge in [-0.2, -0.15) is 23.0 Å². The van der Waals surface area contributed by atoms with Crippen molar-refractivity contribution in [2.45, 2.75) is 13.1 Å². The summed E-state index contributed by atoms with van der Waals surface area (Å²) in [5.41, 5.74) is 0.111. The molecule has 4 rings (SSSR count). The lowest BCUT2D eigenvalue weighted by Crippen LogP contribution is -2.15. The Bertz CT molecular complexity index is 1200. The van der Waals surface area contributed by atoms with Gasteiger partial charge < -0.3 is 4.74 Å². The molecule has 0 aliphatic carbocycles. The van der Waals surface area contributed by atoms with Crippen molar-refractivity contribution >= 4 is 11.6 Å². The fourth-order valence-corrected chi connectivity index (χ4v) is 3.12. The molecule has 0 N–H and O–H groups in total.